The van der Waals surface area contributed by atoms with E-state index in [4.69, 9.17) is 9.47 Å². The molecule has 204 valence electrons. The number of amides is 2. The Kier molecular flexibility index (Phi) is 8.41. The van der Waals surface area contributed by atoms with Crippen LogP contribution in [0.25, 0.3) is 0 Å². The fraction of sp³-hybridized carbons (Fsp3) is 0.690. The number of nitrogens with one attached hydrogen (secondary N) is 1. The molecule has 8 nitrogen and oxygen atoms in total. The van der Waals surface area contributed by atoms with Gasteiger partial charge in [0, 0.05) is 18.7 Å². The molecule has 0 aromatic heterocycles. The zero-order valence-electron chi connectivity index (χ0n) is 23.2. The van der Waals surface area contributed by atoms with E-state index in [0.29, 0.717) is 23.9 Å². The molecule has 4 atom stereocenters. The van der Waals surface area contributed by atoms with E-state index in [9.17, 15) is 14.4 Å². The lowest BCUT2D eigenvalue weighted by Crippen LogP contribution is -2.53. The number of rotatable bonds is 7. The lowest BCUT2D eigenvalue weighted by Gasteiger charge is -2.34. The third-order valence-corrected chi connectivity index (χ3v) is 8.05. The molecule has 3 saturated heterocycles. The van der Waals surface area contributed by atoms with E-state index in [1.54, 1.807) is 12.0 Å². The van der Waals surface area contributed by atoms with E-state index in [1.807, 2.05) is 45.0 Å². The molecule has 0 spiro atoms. The van der Waals surface area contributed by atoms with Gasteiger partial charge in [-0.15, -0.1) is 0 Å². The van der Waals surface area contributed by atoms with Crippen molar-refractivity contribution in [1.29, 1.82) is 0 Å². The lowest BCUT2D eigenvalue weighted by atomic mass is 9.87. The molecule has 0 radical (unpaired) electrons. The third kappa shape index (κ3) is 6.24. The zero-order chi connectivity index (χ0) is 26.9. The monoisotopic (exact) mass is 513 g/mol. The summed E-state index contributed by atoms with van der Waals surface area (Å²) in [6, 6.07) is 6.98. The van der Waals surface area contributed by atoms with Gasteiger partial charge >= 0.3 is 0 Å². The highest BCUT2D eigenvalue weighted by Crippen LogP contribution is 2.32. The van der Waals surface area contributed by atoms with Crippen molar-refractivity contribution < 1.29 is 23.9 Å². The van der Waals surface area contributed by atoms with Gasteiger partial charge in [0.25, 0.3) is 5.91 Å². The Hall–Kier alpha value is -2.29. The fourth-order valence-corrected chi connectivity index (χ4v) is 5.96. The predicted molar refractivity (Wildman–Crippen MR) is 141 cm³/mol. The van der Waals surface area contributed by atoms with Crippen molar-refractivity contribution >= 4 is 17.6 Å². The van der Waals surface area contributed by atoms with Gasteiger partial charge in [-0.1, -0.05) is 32.9 Å². The molecular weight excluding hydrogens is 470 g/mol. The van der Waals surface area contributed by atoms with Gasteiger partial charge in [0.2, 0.25) is 5.91 Å². The number of methoxy groups -OCH3 is 1. The molecule has 3 fully saturated rings. The van der Waals surface area contributed by atoms with Gasteiger partial charge in [-0.25, -0.2) is 0 Å². The van der Waals surface area contributed by atoms with Gasteiger partial charge in [0.05, 0.1) is 6.54 Å². The van der Waals surface area contributed by atoms with E-state index in [1.165, 1.54) is 5.56 Å². The summed E-state index contributed by atoms with van der Waals surface area (Å²) in [5, 5.41) is 2.98. The summed E-state index contributed by atoms with van der Waals surface area (Å²) in [5.41, 5.74) is 1.58. The van der Waals surface area contributed by atoms with E-state index in [0.717, 1.165) is 25.9 Å². The summed E-state index contributed by atoms with van der Waals surface area (Å²) in [6.07, 6.45) is 1.88. The molecule has 8 heteroatoms. The number of carbonyl (C=O) groups excluding carboxylic acids is 3. The van der Waals surface area contributed by atoms with Crippen LogP contribution in [0, 0.1) is 5.41 Å². The van der Waals surface area contributed by atoms with Gasteiger partial charge < -0.3 is 24.6 Å². The topological polar surface area (TPSA) is 88.2 Å². The van der Waals surface area contributed by atoms with E-state index >= 15 is 0 Å². The third-order valence-electron chi connectivity index (χ3n) is 8.05. The maximum absolute atomic E-state index is 13.7. The maximum Gasteiger partial charge on any atom is 0.251 e. The predicted octanol–water partition coefficient (Wildman–Crippen LogP) is 3.00. The van der Waals surface area contributed by atoms with Crippen LogP contribution in [0.3, 0.4) is 0 Å². The number of benzene rings is 1. The van der Waals surface area contributed by atoms with Crippen LogP contribution in [0.5, 0.6) is 0 Å². The normalized spacial score (nSPS) is 26.0. The molecule has 0 aliphatic carbocycles. The number of hydrogen-bond acceptors (Lipinski definition) is 6. The zero-order valence-corrected chi connectivity index (χ0v) is 23.2. The molecule has 1 aromatic carbocycles. The van der Waals surface area contributed by atoms with Crippen molar-refractivity contribution in [2.75, 3.05) is 33.4 Å². The minimum Gasteiger partial charge on any atom is -0.377 e. The molecule has 37 heavy (non-hydrogen) atoms. The number of ketones is 1. The first-order chi connectivity index (χ1) is 17.5. The molecule has 0 saturated carbocycles. The lowest BCUT2D eigenvalue weighted by molar-refractivity contribution is -0.138. The molecule has 2 amide bonds. The molecule has 1 N–H and O–H groups in total. The average molecular weight is 514 g/mol. The van der Waals surface area contributed by atoms with Crippen LogP contribution in [0.15, 0.2) is 24.3 Å². The summed E-state index contributed by atoms with van der Waals surface area (Å²) in [4.78, 5) is 43.6. The van der Waals surface area contributed by atoms with Crippen LogP contribution < -0.4 is 5.32 Å². The minimum absolute atomic E-state index is 0.0158. The number of fused-ring (bicyclic) bond motifs is 1. The summed E-state index contributed by atoms with van der Waals surface area (Å²) in [5.74, 6) is -0.152. The average Bonchev–Trinajstić information content (AvgIpc) is 3.42. The molecule has 3 aliphatic rings. The fourth-order valence-electron chi connectivity index (χ4n) is 5.96. The number of carbonyl (C=O) groups is 3. The van der Waals surface area contributed by atoms with Crippen LogP contribution in [-0.4, -0.2) is 91.1 Å². The Labute approximate surface area is 221 Å². The highest BCUT2D eigenvalue weighted by molar-refractivity contribution is 5.99. The van der Waals surface area contributed by atoms with Gasteiger partial charge in [0.1, 0.15) is 30.9 Å². The molecule has 1 unspecified atom stereocenters. The summed E-state index contributed by atoms with van der Waals surface area (Å²) in [7, 11) is 1.56. The van der Waals surface area contributed by atoms with Crippen molar-refractivity contribution in [2.45, 2.75) is 90.1 Å². The number of likely N-dealkylation sites (tertiary alicyclic amines) is 2. The van der Waals surface area contributed by atoms with Gasteiger partial charge in [-0.2, -0.15) is 0 Å². The first-order valence-electron chi connectivity index (χ1n) is 13.6. The second-order valence-corrected chi connectivity index (χ2v) is 12.3. The Morgan fingerprint density at radius 1 is 1.14 bits per heavy atom. The summed E-state index contributed by atoms with van der Waals surface area (Å²) >= 11 is 0. The SMILES string of the molecule is CO[C@H]1CN(C(=O)C(CC(C)(C)C)NC(=O)c2ccc(C3CCN(C(C)C)CC3)cc2)[C@@H]2C(=O)CO[C@H]12. The quantitative estimate of drug-likeness (QED) is 0.603. The van der Waals surface area contributed by atoms with Crippen molar-refractivity contribution in [3.05, 3.63) is 35.4 Å². The van der Waals surface area contributed by atoms with Crippen LogP contribution in [0.1, 0.15) is 75.7 Å². The Balaban J connectivity index is 1.45. The smallest absolute Gasteiger partial charge is 0.251 e. The Morgan fingerprint density at radius 3 is 2.35 bits per heavy atom. The maximum atomic E-state index is 13.7. The molecule has 4 rings (SSSR count). The first kappa shape index (κ1) is 27.7. The van der Waals surface area contributed by atoms with Gasteiger partial charge in [-0.05, 0) is 75.2 Å². The second kappa shape index (κ2) is 11.2. The molecule has 1 aromatic rings. The van der Waals surface area contributed by atoms with Crippen molar-refractivity contribution in [1.82, 2.24) is 15.1 Å². The highest BCUT2D eigenvalue weighted by Gasteiger charge is 2.53. The van der Waals surface area contributed by atoms with E-state index in [-0.39, 0.29) is 42.3 Å². The number of hydrogen-bond donors (Lipinski definition) is 1. The molecule has 0 bridgehead atoms. The standard InChI is InChI=1S/C29H43N3O5/c1-18(2)31-13-11-20(12-14-31)19-7-9-21(10-8-19)27(34)30-22(15-29(3,4)5)28(35)32-16-24(36-6)26-25(32)23(33)17-37-26/h7-10,18,20,22,24-26H,11-17H2,1-6H3,(H,30,34)/t22?,24-,25+,26+/m0/s1. The molecular formula is C29H43N3O5. The largest absolute Gasteiger partial charge is 0.377 e. The van der Waals surface area contributed by atoms with Crippen molar-refractivity contribution in [3.8, 4) is 0 Å². The van der Waals surface area contributed by atoms with E-state index in [2.05, 4.69) is 24.1 Å². The molecule has 3 heterocycles. The number of nitrogens with zero attached hydrogens (tertiary/aromatic N) is 2. The Morgan fingerprint density at radius 2 is 1.78 bits per heavy atom. The second-order valence-electron chi connectivity index (χ2n) is 12.3. The summed E-state index contributed by atoms with van der Waals surface area (Å²) in [6.45, 7) is 13.0. The summed E-state index contributed by atoms with van der Waals surface area (Å²) < 4.78 is 11.1. The van der Waals surface area contributed by atoms with Crippen LogP contribution >= 0.6 is 0 Å². The number of Topliss-reactive ketones (excluding diaryl/α,β-unsaturated/α-hetero) is 1. The number of piperidine rings is 1. The van der Waals surface area contributed by atoms with Crippen LogP contribution in [0.2, 0.25) is 0 Å². The van der Waals surface area contributed by atoms with Crippen molar-refractivity contribution in [3.63, 3.8) is 0 Å². The van der Waals surface area contributed by atoms with Crippen LogP contribution in [-0.2, 0) is 19.1 Å². The van der Waals surface area contributed by atoms with E-state index < -0.39 is 18.2 Å². The van der Waals surface area contributed by atoms with Crippen LogP contribution in [0.4, 0.5) is 0 Å². The Bertz CT molecular complexity index is 978. The number of ether oxygens (including phenoxy) is 2. The van der Waals surface area contributed by atoms with Gasteiger partial charge in [-0.3, -0.25) is 14.4 Å². The highest BCUT2D eigenvalue weighted by atomic mass is 16.5. The van der Waals surface area contributed by atoms with Crippen molar-refractivity contribution in [2.24, 2.45) is 5.41 Å². The minimum atomic E-state index is -0.753. The van der Waals surface area contributed by atoms with Gasteiger partial charge in [0.15, 0.2) is 5.78 Å². The molecule has 3 aliphatic heterocycles. The first-order valence-corrected chi connectivity index (χ1v) is 13.6.